The lowest BCUT2D eigenvalue weighted by molar-refractivity contribution is 0.764. The molecule has 104 valence electrons. The van der Waals surface area contributed by atoms with Crippen LogP contribution in [0.25, 0.3) is 11.0 Å². The lowest BCUT2D eigenvalue weighted by Gasteiger charge is -2.03. The van der Waals surface area contributed by atoms with Gasteiger partial charge >= 0.3 is 0 Å². The molecule has 2 N–H and O–H groups in total. The monoisotopic (exact) mass is 290 g/mol. The van der Waals surface area contributed by atoms with E-state index in [1.165, 1.54) is 11.8 Å². The third-order valence-electron chi connectivity index (χ3n) is 3.05. The first-order valence-corrected chi connectivity index (χ1v) is 6.97. The lowest BCUT2D eigenvalue weighted by atomic mass is 10.4. The lowest BCUT2D eigenvalue weighted by Crippen LogP contribution is -2.02. The van der Waals surface area contributed by atoms with E-state index in [4.69, 9.17) is 5.73 Å². The van der Waals surface area contributed by atoms with E-state index in [2.05, 4.69) is 25.3 Å². The average Bonchev–Trinajstić information content (AvgIpc) is 2.94. The molecule has 0 atom stereocenters. The second-order valence-electron chi connectivity index (χ2n) is 4.41. The zero-order valence-corrected chi connectivity index (χ0v) is 12.2. The van der Waals surface area contributed by atoms with Crippen molar-refractivity contribution in [3.05, 3.63) is 17.8 Å². The van der Waals surface area contributed by atoms with Gasteiger partial charge in [-0.3, -0.25) is 4.68 Å². The SMILES string of the molecule is Cc1nnc(SCc2nc(N)c3cnn(C)c3n2)n1C. The molecule has 0 aliphatic carbocycles. The van der Waals surface area contributed by atoms with Gasteiger partial charge in [0.15, 0.2) is 10.8 Å². The van der Waals surface area contributed by atoms with E-state index in [1.807, 2.05) is 25.6 Å². The Bertz CT molecular complexity index is 774. The van der Waals surface area contributed by atoms with E-state index in [-0.39, 0.29) is 0 Å². The van der Waals surface area contributed by atoms with Gasteiger partial charge in [-0.25, -0.2) is 9.97 Å². The van der Waals surface area contributed by atoms with E-state index >= 15 is 0 Å². The summed E-state index contributed by atoms with van der Waals surface area (Å²) in [6.07, 6.45) is 1.67. The summed E-state index contributed by atoms with van der Waals surface area (Å²) in [6, 6.07) is 0. The number of hydrogen-bond acceptors (Lipinski definition) is 7. The van der Waals surface area contributed by atoms with Crippen LogP contribution in [-0.2, 0) is 19.8 Å². The molecule has 3 rings (SSSR count). The van der Waals surface area contributed by atoms with Crippen LogP contribution in [0.2, 0.25) is 0 Å². The normalized spacial score (nSPS) is 11.3. The number of anilines is 1. The first-order valence-electron chi connectivity index (χ1n) is 5.99. The van der Waals surface area contributed by atoms with Gasteiger partial charge in [0, 0.05) is 14.1 Å². The number of rotatable bonds is 3. The summed E-state index contributed by atoms with van der Waals surface area (Å²) in [7, 11) is 3.76. The first kappa shape index (κ1) is 12.9. The minimum absolute atomic E-state index is 0.452. The van der Waals surface area contributed by atoms with Crippen LogP contribution in [0.15, 0.2) is 11.4 Å². The molecule has 0 bridgehead atoms. The van der Waals surface area contributed by atoms with Crippen molar-refractivity contribution in [2.45, 2.75) is 17.8 Å². The molecule has 3 heterocycles. The van der Waals surface area contributed by atoms with Gasteiger partial charge in [0.2, 0.25) is 0 Å². The Morgan fingerprint density at radius 1 is 1.25 bits per heavy atom. The number of nitrogen functional groups attached to an aromatic ring is 1. The summed E-state index contributed by atoms with van der Waals surface area (Å²) in [5, 5.41) is 13.8. The molecule has 0 radical (unpaired) electrons. The Morgan fingerprint density at radius 3 is 2.75 bits per heavy atom. The van der Waals surface area contributed by atoms with E-state index in [0.717, 1.165) is 22.0 Å². The van der Waals surface area contributed by atoms with Gasteiger partial charge in [-0.1, -0.05) is 11.8 Å². The Kier molecular flexibility index (Phi) is 3.05. The predicted molar refractivity (Wildman–Crippen MR) is 76.0 cm³/mol. The summed E-state index contributed by atoms with van der Waals surface area (Å²) in [6.45, 7) is 1.91. The van der Waals surface area contributed by atoms with Gasteiger partial charge < -0.3 is 10.3 Å². The summed E-state index contributed by atoms with van der Waals surface area (Å²) < 4.78 is 3.62. The number of nitrogens with two attached hydrogens (primary N) is 1. The number of aryl methyl sites for hydroxylation is 2. The van der Waals surface area contributed by atoms with Crippen LogP contribution in [0, 0.1) is 6.92 Å². The molecule has 0 fully saturated rings. The Labute approximate surface area is 119 Å². The van der Waals surface area contributed by atoms with Crippen LogP contribution in [0.4, 0.5) is 5.82 Å². The molecule has 0 spiro atoms. The molecule has 3 aromatic rings. The molecule has 20 heavy (non-hydrogen) atoms. The Hall–Kier alpha value is -2.16. The highest BCUT2D eigenvalue weighted by Crippen LogP contribution is 2.22. The maximum absolute atomic E-state index is 5.93. The van der Waals surface area contributed by atoms with Gasteiger partial charge in [0.05, 0.1) is 17.3 Å². The molecule has 0 unspecified atom stereocenters. The highest BCUT2D eigenvalue weighted by atomic mass is 32.2. The maximum atomic E-state index is 5.93. The number of hydrogen-bond donors (Lipinski definition) is 1. The number of aromatic nitrogens is 7. The zero-order chi connectivity index (χ0) is 14.3. The van der Waals surface area contributed by atoms with Crippen LogP contribution in [-0.4, -0.2) is 34.5 Å². The van der Waals surface area contributed by atoms with Gasteiger partial charge in [-0.05, 0) is 6.92 Å². The number of fused-ring (bicyclic) bond motifs is 1. The van der Waals surface area contributed by atoms with Crippen molar-refractivity contribution in [1.82, 2.24) is 34.5 Å². The standard InChI is InChI=1S/C11H14N8S/c1-6-16-17-11(18(6)2)20-5-8-14-9(12)7-4-13-19(3)10(7)15-8/h4H,5H2,1-3H3,(H2,12,14,15). The predicted octanol–water partition coefficient (Wildman–Crippen LogP) is 0.675. The minimum Gasteiger partial charge on any atom is -0.383 e. The highest BCUT2D eigenvalue weighted by Gasteiger charge is 2.11. The van der Waals surface area contributed by atoms with Crippen molar-refractivity contribution < 1.29 is 0 Å². The molecule has 0 amide bonds. The van der Waals surface area contributed by atoms with E-state index in [1.54, 1.807) is 10.9 Å². The third kappa shape index (κ3) is 2.09. The van der Waals surface area contributed by atoms with Crippen LogP contribution >= 0.6 is 11.8 Å². The largest absolute Gasteiger partial charge is 0.383 e. The minimum atomic E-state index is 0.452. The van der Waals surface area contributed by atoms with Gasteiger partial charge in [0.1, 0.15) is 17.5 Å². The van der Waals surface area contributed by atoms with Crippen molar-refractivity contribution in [1.29, 1.82) is 0 Å². The molecule has 0 saturated carbocycles. The summed E-state index contributed by atoms with van der Waals surface area (Å²) in [5.41, 5.74) is 6.66. The van der Waals surface area contributed by atoms with Crippen LogP contribution in [0.3, 0.4) is 0 Å². The van der Waals surface area contributed by atoms with Crippen molar-refractivity contribution in [3.8, 4) is 0 Å². The fourth-order valence-corrected chi connectivity index (χ4v) is 2.61. The Balaban J connectivity index is 1.87. The fraction of sp³-hybridized carbons (Fsp3) is 0.364. The highest BCUT2D eigenvalue weighted by molar-refractivity contribution is 7.98. The van der Waals surface area contributed by atoms with Gasteiger partial charge in [0.25, 0.3) is 0 Å². The number of thioether (sulfide) groups is 1. The molecule has 0 saturated heterocycles. The summed E-state index contributed by atoms with van der Waals surface area (Å²) >= 11 is 1.53. The maximum Gasteiger partial charge on any atom is 0.191 e. The van der Waals surface area contributed by atoms with Crippen molar-refractivity contribution in [2.24, 2.45) is 14.1 Å². The van der Waals surface area contributed by atoms with E-state index < -0.39 is 0 Å². The van der Waals surface area contributed by atoms with Crippen molar-refractivity contribution >= 4 is 28.6 Å². The van der Waals surface area contributed by atoms with Crippen molar-refractivity contribution in [2.75, 3.05) is 5.73 Å². The zero-order valence-electron chi connectivity index (χ0n) is 11.4. The molecule has 0 aliphatic rings. The van der Waals surface area contributed by atoms with Gasteiger partial charge in [-0.2, -0.15) is 5.10 Å². The summed E-state index contributed by atoms with van der Waals surface area (Å²) in [4.78, 5) is 8.78. The Morgan fingerprint density at radius 2 is 2.05 bits per heavy atom. The number of nitrogens with zero attached hydrogens (tertiary/aromatic N) is 7. The van der Waals surface area contributed by atoms with Crippen molar-refractivity contribution in [3.63, 3.8) is 0 Å². The second-order valence-corrected chi connectivity index (χ2v) is 5.35. The smallest absolute Gasteiger partial charge is 0.191 e. The first-order chi connectivity index (χ1) is 9.56. The van der Waals surface area contributed by atoms with E-state index in [0.29, 0.717) is 17.4 Å². The molecular formula is C11H14N8S. The quantitative estimate of drug-likeness (QED) is 0.708. The molecule has 9 heteroatoms. The van der Waals surface area contributed by atoms with Gasteiger partial charge in [-0.15, -0.1) is 10.2 Å². The average molecular weight is 290 g/mol. The molecule has 8 nitrogen and oxygen atoms in total. The fourth-order valence-electron chi connectivity index (χ4n) is 1.80. The molecular weight excluding hydrogens is 276 g/mol. The molecule has 3 aromatic heterocycles. The van der Waals surface area contributed by atoms with E-state index in [9.17, 15) is 0 Å². The molecule has 0 aliphatic heterocycles. The van der Waals surface area contributed by atoms with Crippen LogP contribution in [0.5, 0.6) is 0 Å². The van der Waals surface area contributed by atoms with Crippen LogP contribution in [0.1, 0.15) is 11.6 Å². The second kappa shape index (κ2) is 4.75. The summed E-state index contributed by atoms with van der Waals surface area (Å²) in [5.74, 6) is 2.56. The topological polar surface area (TPSA) is 100 Å². The molecule has 0 aromatic carbocycles. The third-order valence-corrected chi connectivity index (χ3v) is 4.07. The van der Waals surface area contributed by atoms with Crippen LogP contribution < -0.4 is 5.73 Å².